The normalized spacial score (nSPS) is 14.4. The molecule has 1 saturated carbocycles. The van der Waals surface area contributed by atoms with Gasteiger partial charge in [0.15, 0.2) is 6.61 Å². The van der Waals surface area contributed by atoms with E-state index in [1.54, 1.807) is 4.90 Å². The van der Waals surface area contributed by atoms with Crippen LogP contribution in [0.5, 0.6) is 5.75 Å². The Bertz CT molecular complexity index is 1220. The van der Waals surface area contributed by atoms with Gasteiger partial charge in [0, 0.05) is 19.0 Å². The van der Waals surface area contributed by atoms with Gasteiger partial charge in [-0.25, -0.2) is 0 Å². The molecule has 0 saturated heterocycles. The van der Waals surface area contributed by atoms with Crippen LogP contribution in [0.1, 0.15) is 61.3 Å². The Morgan fingerprint density at radius 1 is 0.949 bits per heavy atom. The number of halogens is 1. The van der Waals surface area contributed by atoms with Gasteiger partial charge >= 0.3 is 0 Å². The maximum absolute atomic E-state index is 13.9. The predicted octanol–water partition coefficient (Wildman–Crippen LogP) is 6.79. The van der Waals surface area contributed by atoms with Crippen molar-refractivity contribution in [2.45, 2.75) is 77.4 Å². The lowest BCUT2D eigenvalue weighted by Gasteiger charge is -2.33. The molecule has 0 heterocycles. The van der Waals surface area contributed by atoms with Gasteiger partial charge in [-0.2, -0.15) is 0 Å². The molecule has 1 aliphatic carbocycles. The smallest absolute Gasteiger partial charge is 0.261 e. The van der Waals surface area contributed by atoms with Crippen molar-refractivity contribution in [2.75, 3.05) is 6.61 Å². The Morgan fingerprint density at radius 2 is 1.64 bits per heavy atom. The summed E-state index contributed by atoms with van der Waals surface area (Å²) >= 11 is 3.57. The van der Waals surface area contributed by atoms with Gasteiger partial charge in [0.25, 0.3) is 5.91 Å². The first-order valence-corrected chi connectivity index (χ1v) is 14.8. The molecule has 3 aromatic rings. The third-order valence-electron chi connectivity index (χ3n) is 7.45. The molecule has 0 aliphatic heterocycles. The van der Waals surface area contributed by atoms with E-state index in [4.69, 9.17) is 4.74 Å². The standard InChI is InChI=1S/C33H39BrN2O3/c1-3-25-18-19-31(29(34)20-25)39-23-32(37)36(22-27-16-14-24(2)15-17-27)30(21-26-10-6-4-7-11-26)33(38)35-28-12-8-5-9-13-28/h4,6-7,10-11,14-20,28,30H,3,5,8-9,12-13,21-23H2,1-2H3,(H,35,38). The molecule has 6 heteroatoms. The number of aryl methyl sites for hydroxylation is 2. The lowest BCUT2D eigenvalue weighted by molar-refractivity contribution is -0.143. The molecule has 1 N–H and O–H groups in total. The second-order valence-corrected chi connectivity index (χ2v) is 11.3. The van der Waals surface area contributed by atoms with E-state index < -0.39 is 6.04 Å². The number of hydrogen-bond acceptors (Lipinski definition) is 3. The molecule has 0 spiro atoms. The number of amides is 2. The lowest BCUT2D eigenvalue weighted by atomic mass is 9.94. The van der Waals surface area contributed by atoms with Gasteiger partial charge in [0.1, 0.15) is 11.8 Å². The topological polar surface area (TPSA) is 58.6 Å². The number of hydrogen-bond donors (Lipinski definition) is 1. The minimum atomic E-state index is -0.655. The van der Waals surface area contributed by atoms with Crippen LogP contribution in [0.3, 0.4) is 0 Å². The van der Waals surface area contributed by atoms with E-state index in [0.717, 1.165) is 53.3 Å². The molecule has 39 heavy (non-hydrogen) atoms. The molecule has 2 amide bonds. The Kier molecular flexibility index (Phi) is 10.6. The molecule has 1 aliphatic rings. The summed E-state index contributed by atoms with van der Waals surface area (Å²) in [4.78, 5) is 29.4. The Labute approximate surface area is 241 Å². The van der Waals surface area contributed by atoms with E-state index in [1.807, 2.05) is 79.7 Å². The van der Waals surface area contributed by atoms with Crippen molar-refractivity contribution in [3.63, 3.8) is 0 Å². The van der Waals surface area contributed by atoms with Gasteiger partial charge in [-0.3, -0.25) is 9.59 Å². The minimum Gasteiger partial charge on any atom is -0.483 e. The highest BCUT2D eigenvalue weighted by Crippen LogP contribution is 2.27. The van der Waals surface area contributed by atoms with Crippen LogP contribution in [-0.4, -0.2) is 35.4 Å². The molecule has 0 radical (unpaired) electrons. The van der Waals surface area contributed by atoms with Crippen LogP contribution in [-0.2, 0) is 29.0 Å². The van der Waals surface area contributed by atoms with Crippen LogP contribution in [0.25, 0.3) is 0 Å². The van der Waals surface area contributed by atoms with Crippen molar-refractivity contribution >= 4 is 27.7 Å². The van der Waals surface area contributed by atoms with E-state index >= 15 is 0 Å². The van der Waals surface area contributed by atoms with Crippen LogP contribution >= 0.6 is 15.9 Å². The van der Waals surface area contributed by atoms with Gasteiger partial charge in [-0.1, -0.05) is 92.4 Å². The number of ether oxygens (including phenoxy) is 1. The molecule has 1 unspecified atom stereocenters. The predicted molar refractivity (Wildman–Crippen MR) is 160 cm³/mol. The number of rotatable bonds is 11. The van der Waals surface area contributed by atoms with Gasteiger partial charge in [0.2, 0.25) is 5.91 Å². The average molecular weight is 592 g/mol. The SMILES string of the molecule is CCc1ccc(OCC(=O)N(Cc2ccc(C)cc2)C(Cc2ccccc2)C(=O)NC2CCCCC2)c(Br)c1. The summed E-state index contributed by atoms with van der Waals surface area (Å²) in [5.74, 6) is 0.295. The number of nitrogens with zero attached hydrogens (tertiary/aromatic N) is 1. The Morgan fingerprint density at radius 3 is 2.31 bits per heavy atom. The number of carbonyl (C=O) groups is 2. The molecule has 1 atom stereocenters. The molecule has 0 aromatic heterocycles. The first kappa shape index (κ1) is 28.9. The fourth-order valence-electron chi connectivity index (χ4n) is 5.09. The molecule has 5 nitrogen and oxygen atoms in total. The third kappa shape index (κ3) is 8.43. The number of nitrogens with one attached hydrogen (secondary N) is 1. The van der Waals surface area contributed by atoms with E-state index in [1.165, 1.54) is 12.0 Å². The zero-order chi connectivity index (χ0) is 27.6. The maximum Gasteiger partial charge on any atom is 0.261 e. The van der Waals surface area contributed by atoms with Crippen molar-refractivity contribution in [2.24, 2.45) is 0 Å². The van der Waals surface area contributed by atoms with E-state index in [-0.39, 0.29) is 24.5 Å². The van der Waals surface area contributed by atoms with Crippen LogP contribution in [0.2, 0.25) is 0 Å². The van der Waals surface area contributed by atoms with Crippen molar-refractivity contribution in [3.05, 3.63) is 99.5 Å². The zero-order valence-corrected chi connectivity index (χ0v) is 24.6. The second kappa shape index (κ2) is 14.3. The highest BCUT2D eigenvalue weighted by Gasteiger charge is 2.32. The summed E-state index contributed by atoms with van der Waals surface area (Å²) in [6, 6.07) is 23.5. The third-order valence-corrected chi connectivity index (χ3v) is 8.07. The van der Waals surface area contributed by atoms with E-state index in [0.29, 0.717) is 18.7 Å². The summed E-state index contributed by atoms with van der Waals surface area (Å²) in [6.45, 7) is 4.31. The van der Waals surface area contributed by atoms with Crippen LogP contribution in [0, 0.1) is 6.92 Å². The minimum absolute atomic E-state index is 0.0975. The summed E-state index contributed by atoms with van der Waals surface area (Å²) in [5.41, 5.74) is 4.33. The van der Waals surface area contributed by atoms with Crippen molar-refractivity contribution in [3.8, 4) is 5.75 Å². The molecule has 1 fully saturated rings. The quantitative estimate of drug-likeness (QED) is 0.267. The van der Waals surface area contributed by atoms with Crippen molar-refractivity contribution in [1.82, 2.24) is 10.2 Å². The fraction of sp³-hybridized carbons (Fsp3) is 0.394. The highest BCUT2D eigenvalue weighted by atomic mass is 79.9. The summed E-state index contributed by atoms with van der Waals surface area (Å²) in [7, 11) is 0. The first-order valence-electron chi connectivity index (χ1n) is 14.0. The van der Waals surface area contributed by atoms with Crippen molar-refractivity contribution < 1.29 is 14.3 Å². The fourth-order valence-corrected chi connectivity index (χ4v) is 5.63. The average Bonchev–Trinajstić information content (AvgIpc) is 2.96. The van der Waals surface area contributed by atoms with Crippen molar-refractivity contribution in [1.29, 1.82) is 0 Å². The first-order chi connectivity index (χ1) is 18.9. The van der Waals surface area contributed by atoms with Crippen LogP contribution < -0.4 is 10.1 Å². The van der Waals surface area contributed by atoms with Gasteiger partial charge in [0.05, 0.1) is 4.47 Å². The van der Waals surface area contributed by atoms with Gasteiger partial charge in [-0.05, 0) is 70.9 Å². The second-order valence-electron chi connectivity index (χ2n) is 10.5. The Balaban J connectivity index is 1.60. The van der Waals surface area contributed by atoms with Crippen LogP contribution in [0.15, 0.2) is 77.3 Å². The monoisotopic (exact) mass is 590 g/mol. The van der Waals surface area contributed by atoms with Gasteiger partial charge in [-0.15, -0.1) is 0 Å². The summed E-state index contributed by atoms with van der Waals surface area (Å²) in [6.07, 6.45) is 6.79. The van der Waals surface area contributed by atoms with Crippen LogP contribution in [0.4, 0.5) is 0 Å². The number of benzene rings is 3. The molecular weight excluding hydrogens is 552 g/mol. The van der Waals surface area contributed by atoms with Gasteiger partial charge < -0.3 is 15.0 Å². The zero-order valence-electron chi connectivity index (χ0n) is 23.0. The maximum atomic E-state index is 13.9. The Hall–Kier alpha value is -3.12. The molecule has 0 bridgehead atoms. The number of carbonyl (C=O) groups excluding carboxylic acids is 2. The largest absolute Gasteiger partial charge is 0.483 e. The molecule has 206 valence electrons. The lowest BCUT2D eigenvalue weighted by Crippen LogP contribution is -2.53. The molecule has 4 rings (SSSR count). The highest BCUT2D eigenvalue weighted by molar-refractivity contribution is 9.10. The molecule has 3 aromatic carbocycles. The van der Waals surface area contributed by atoms with E-state index in [2.05, 4.69) is 28.2 Å². The van der Waals surface area contributed by atoms with E-state index in [9.17, 15) is 9.59 Å². The molecular formula is C33H39BrN2O3. The summed E-state index contributed by atoms with van der Waals surface area (Å²) in [5, 5.41) is 3.28. The summed E-state index contributed by atoms with van der Waals surface area (Å²) < 4.78 is 6.81.